The molecular weight excluding hydrogens is 572 g/mol. The summed E-state index contributed by atoms with van der Waals surface area (Å²) in [5, 5.41) is 12.4. The van der Waals surface area contributed by atoms with E-state index in [0.29, 0.717) is 46.9 Å². The van der Waals surface area contributed by atoms with Crippen LogP contribution in [0, 0.1) is 0 Å². The summed E-state index contributed by atoms with van der Waals surface area (Å²) in [6.07, 6.45) is 2.75. The van der Waals surface area contributed by atoms with E-state index in [9.17, 15) is 0 Å². The Hall–Kier alpha value is -3.38. The number of hydrogen-bond acceptors (Lipinski definition) is 10. The number of nitrogens with zero attached hydrogens (tertiary/aromatic N) is 3. The Kier molecular flexibility index (Phi) is 6.54. The number of benzene rings is 2. The number of rotatable bonds is 8. The van der Waals surface area contributed by atoms with Gasteiger partial charge in [-0.3, -0.25) is 0 Å². The number of aromatic nitrogens is 3. The first-order chi connectivity index (χ1) is 19.5. The Morgan fingerprint density at radius 2 is 2.05 bits per heavy atom. The third kappa shape index (κ3) is 4.46. The molecule has 2 atom stereocenters. The van der Waals surface area contributed by atoms with Gasteiger partial charge in [-0.1, -0.05) is 23.7 Å². The van der Waals surface area contributed by atoms with E-state index in [-0.39, 0.29) is 10.8 Å². The predicted molar refractivity (Wildman–Crippen MR) is 156 cm³/mol. The Morgan fingerprint density at radius 1 is 1.18 bits per heavy atom. The van der Waals surface area contributed by atoms with Crippen molar-refractivity contribution >= 4 is 50.6 Å². The van der Waals surface area contributed by atoms with Crippen molar-refractivity contribution in [1.29, 1.82) is 0 Å². The highest BCUT2D eigenvalue weighted by atomic mass is 35.5. The average Bonchev–Trinajstić information content (AvgIpc) is 3.79. The highest BCUT2D eigenvalue weighted by Gasteiger charge is 2.46. The predicted octanol–water partition coefficient (Wildman–Crippen LogP) is 6.12. The van der Waals surface area contributed by atoms with Crippen molar-refractivity contribution < 1.29 is 23.4 Å². The van der Waals surface area contributed by atoms with Crippen LogP contribution in [-0.2, 0) is 10.2 Å². The summed E-state index contributed by atoms with van der Waals surface area (Å²) in [6, 6.07) is 13.8. The minimum atomic E-state index is -0.145. The fourth-order valence-electron chi connectivity index (χ4n) is 5.16. The van der Waals surface area contributed by atoms with Crippen LogP contribution in [-0.4, -0.2) is 54.0 Å². The van der Waals surface area contributed by atoms with Crippen LogP contribution >= 0.6 is 34.7 Å². The summed E-state index contributed by atoms with van der Waals surface area (Å²) in [5.41, 5.74) is 3.41. The monoisotopic (exact) mass is 596 g/mol. The number of thioether (sulfide) groups is 1. The lowest BCUT2D eigenvalue weighted by Gasteiger charge is -2.34. The van der Waals surface area contributed by atoms with Gasteiger partial charge < -0.3 is 28.7 Å². The number of hydrogen-bond donors (Lipinski definition) is 1. The van der Waals surface area contributed by atoms with Gasteiger partial charge in [0.05, 0.1) is 48.9 Å². The largest absolute Gasteiger partial charge is 0.496 e. The van der Waals surface area contributed by atoms with Gasteiger partial charge in [0.25, 0.3) is 5.19 Å². The Morgan fingerprint density at radius 3 is 2.80 bits per heavy atom. The summed E-state index contributed by atoms with van der Waals surface area (Å²) in [5.74, 6) is 1.92. The van der Waals surface area contributed by atoms with Crippen molar-refractivity contribution in [2.24, 2.45) is 0 Å². The molecule has 5 heterocycles. The molecule has 7 rings (SSSR count). The molecule has 0 aliphatic carbocycles. The van der Waals surface area contributed by atoms with Gasteiger partial charge in [-0.15, -0.1) is 16.9 Å². The molecule has 9 nitrogen and oxygen atoms in total. The maximum atomic E-state index is 6.35. The molecule has 0 amide bonds. The normalized spacial score (nSPS) is 20.7. The van der Waals surface area contributed by atoms with E-state index >= 15 is 0 Å². The number of furan rings is 1. The molecule has 5 aromatic rings. The molecule has 0 bridgehead atoms. The minimum Gasteiger partial charge on any atom is -0.496 e. The maximum absolute atomic E-state index is 6.35. The Balaban J connectivity index is 1.11. The van der Waals surface area contributed by atoms with Crippen LogP contribution in [0.25, 0.3) is 27.4 Å². The van der Waals surface area contributed by atoms with Crippen molar-refractivity contribution in [3.63, 3.8) is 0 Å². The summed E-state index contributed by atoms with van der Waals surface area (Å²) < 4.78 is 30.8. The zero-order valence-corrected chi connectivity index (χ0v) is 24.1. The molecule has 3 aromatic heterocycles. The molecule has 1 saturated heterocycles. The lowest BCUT2D eigenvalue weighted by molar-refractivity contribution is 0.174. The van der Waals surface area contributed by atoms with Crippen molar-refractivity contribution in [3.8, 4) is 28.1 Å². The van der Waals surface area contributed by atoms with Gasteiger partial charge in [0.15, 0.2) is 5.76 Å². The highest BCUT2D eigenvalue weighted by Crippen LogP contribution is 2.44. The molecule has 12 heteroatoms. The van der Waals surface area contributed by atoms with E-state index in [4.69, 9.17) is 35.0 Å². The quantitative estimate of drug-likeness (QED) is 0.227. The zero-order valence-electron chi connectivity index (χ0n) is 21.7. The van der Waals surface area contributed by atoms with E-state index in [1.165, 1.54) is 16.9 Å². The summed E-state index contributed by atoms with van der Waals surface area (Å²) in [6.45, 7) is 1.76. The number of halogens is 1. The van der Waals surface area contributed by atoms with E-state index in [2.05, 4.69) is 32.9 Å². The van der Waals surface area contributed by atoms with Gasteiger partial charge in [-0.25, -0.2) is 9.50 Å². The van der Waals surface area contributed by atoms with Gasteiger partial charge in [0, 0.05) is 23.8 Å². The molecule has 0 saturated carbocycles. The number of ether oxygens (including phenoxy) is 4. The number of imidazole rings is 1. The number of nitrogens with one attached hydrogen (secondary N) is 1. The lowest BCUT2D eigenvalue weighted by Crippen LogP contribution is -2.45. The Labute approximate surface area is 243 Å². The molecule has 2 unspecified atom stereocenters. The van der Waals surface area contributed by atoms with E-state index in [0.717, 1.165) is 34.1 Å². The second-order valence-electron chi connectivity index (χ2n) is 9.63. The first-order valence-corrected chi connectivity index (χ1v) is 14.8. The molecule has 2 aromatic carbocycles. The van der Waals surface area contributed by atoms with Gasteiger partial charge in [-0.2, -0.15) is 0 Å². The lowest BCUT2D eigenvalue weighted by atomic mass is 9.79. The van der Waals surface area contributed by atoms with Crippen LogP contribution in [0.5, 0.6) is 16.7 Å². The minimum absolute atomic E-state index is 0.127. The molecule has 2 aliphatic rings. The van der Waals surface area contributed by atoms with Crippen LogP contribution in [0.2, 0.25) is 5.02 Å². The standard InChI is InChI=1S/C28H25ClN4O5S2/c1-34-19-9-22(20-11-24(38-23(20)10-19)21-12-33-26(31-21)40-27(32-33)35-2)37-13-18-14-39-25(30-18)28(7-8-36-15-28)16-3-5-17(29)6-4-16/h3-6,9-12,14,25,30H,7-8,13,15H2,1-2H3. The second kappa shape index (κ2) is 10.2. The van der Waals surface area contributed by atoms with Crippen LogP contribution in [0.1, 0.15) is 12.0 Å². The summed E-state index contributed by atoms with van der Waals surface area (Å²) >= 11 is 9.29. The molecule has 0 spiro atoms. The summed E-state index contributed by atoms with van der Waals surface area (Å²) in [4.78, 5) is 5.36. The highest BCUT2D eigenvalue weighted by molar-refractivity contribution is 8.03. The maximum Gasteiger partial charge on any atom is 0.294 e. The number of fused-ring (bicyclic) bond motifs is 2. The molecule has 2 aliphatic heterocycles. The van der Waals surface area contributed by atoms with Gasteiger partial charge in [-0.05, 0) is 46.9 Å². The Bertz CT molecular complexity index is 1690. The average molecular weight is 597 g/mol. The van der Waals surface area contributed by atoms with Crippen molar-refractivity contribution in [1.82, 2.24) is 19.9 Å². The molecule has 0 radical (unpaired) electrons. The van der Waals surface area contributed by atoms with Gasteiger partial charge in [0.1, 0.15) is 29.4 Å². The van der Waals surface area contributed by atoms with E-state index in [1.807, 2.05) is 36.5 Å². The van der Waals surface area contributed by atoms with Crippen molar-refractivity contribution in [2.75, 3.05) is 34.0 Å². The van der Waals surface area contributed by atoms with Crippen molar-refractivity contribution in [2.45, 2.75) is 17.2 Å². The number of methoxy groups -OCH3 is 2. The smallest absolute Gasteiger partial charge is 0.294 e. The third-order valence-electron chi connectivity index (χ3n) is 7.28. The van der Waals surface area contributed by atoms with Crippen LogP contribution in [0.15, 0.2) is 64.2 Å². The summed E-state index contributed by atoms with van der Waals surface area (Å²) in [7, 11) is 3.21. The zero-order chi connectivity index (χ0) is 27.3. The SMILES string of the molecule is COc1cc(OCC2=CSC(C3(c4ccc(Cl)cc4)CCOC3)N2)c2cc(-c3cn4nc(OC)sc4n3)oc2c1. The second-order valence-corrected chi connectivity index (χ2v) is 12.0. The first kappa shape index (κ1) is 25.6. The van der Waals surface area contributed by atoms with Gasteiger partial charge in [0.2, 0.25) is 4.96 Å². The fourth-order valence-corrected chi connectivity index (χ4v) is 7.23. The molecule has 206 valence electrons. The fraction of sp³-hybridized carbons (Fsp3) is 0.286. The molecule has 1 fully saturated rings. The molecule has 1 N–H and O–H groups in total. The third-order valence-corrected chi connectivity index (χ3v) is 9.68. The van der Waals surface area contributed by atoms with Crippen LogP contribution in [0.4, 0.5) is 0 Å². The van der Waals surface area contributed by atoms with Crippen LogP contribution in [0.3, 0.4) is 0 Å². The molecule has 40 heavy (non-hydrogen) atoms. The van der Waals surface area contributed by atoms with Crippen LogP contribution < -0.4 is 19.5 Å². The van der Waals surface area contributed by atoms with Crippen molar-refractivity contribution in [3.05, 3.63) is 70.4 Å². The molecular formula is C28H25ClN4O5S2. The van der Waals surface area contributed by atoms with E-state index in [1.54, 1.807) is 30.5 Å². The van der Waals surface area contributed by atoms with E-state index < -0.39 is 0 Å². The topological polar surface area (TPSA) is 92.3 Å². The first-order valence-electron chi connectivity index (χ1n) is 12.6. The van der Waals surface area contributed by atoms with Gasteiger partial charge >= 0.3 is 0 Å².